The molecule has 0 saturated heterocycles. The maximum atomic E-state index is 12.1. The van der Waals surface area contributed by atoms with E-state index < -0.39 is 5.78 Å². The zero-order chi connectivity index (χ0) is 20.2. The fourth-order valence-electron chi connectivity index (χ4n) is 2.00. The van der Waals surface area contributed by atoms with E-state index in [0.29, 0.717) is 22.8 Å². The summed E-state index contributed by atoms with van der Waals surface area (Å²) in [5, 5.41) is 0.353. The van der Waals surface area contributed by atoms with E-state index in [9.17, 15) is 9.59 Å². The Hall–Kier alpha value is -1.00. The Morgan fingerprint density at radius 3 is 2.04 bits per heavy atom. The normalized spacial score (nSPS) is 15.8. The van der Waals surface area contributed by atoms with Crippen LogP contribution in [-0.2, 0) is 9.59 Å². The van der Waals surface area contributed by atoms with Gasteiger partial charge >= 0.3 is 0 Å². The lowest BCUT2D eigenvalue weighted by atomic mass is 9.93. The maximum Gasteiger partial charge on any atom is 0.234 e. The van der Waals surface area contributed by atoms with Gasteiger partial charge in [-0.25, -0.2) is 0 Å². The fraction of sp³-hybridized carbons (Fsp3) is 0.524. The minimum Gasteiger partial charge on any atom is -0.285 e. The highest BCUT2D eigenvalue weighted by Gasteiger charge is 2.35. The third-order valence-electron chi connectivity index (χ3n) is 2.86. The summed E-state index contributed by atoms with van der Waals surface area (Å²) in [4.78, 5) is 27.3. The van der Waals surface area contributed by atoms with Crippen molar-refractivity contribution in [3.8, 4) is 0 Å². The molecule has 0 aromatic heterocycles. The molecule has 2 nitrogen and oxygen atoms in total. The monoisotopic (exact) mass is 382 g/mol. The summed E-state index contributed by atoms with van der Waals surface area (Å²) in [5.74, 6) is -0.778. The summed E-state index contributed by atoms with van der Waals surface area (Å²) in [7, 11) is 0. The Morgan fingerprint density at radius 1 is 1.08 bits per heavy atom. The summed E-state index contributed by atoms with van der Waals surface area (Å²) in [6, 6.07) is 0. The molecule has 0 N–H and O–H groups in total. The van der Waals surface area contributed by atoms with E-state index in [4.69, 9.17) is 0 Å². The van der Waals surface area contributed by atoms with Gasteiger partial charge in [0, 0.05) is 26.2 Å². The Labute approximate surface area is 163 Å². The summed E-state index contributed by atoms with van der Waals surface area (Å²) in [6.45, 7) is 21.9. The average molecular weight is 383 g/mol. The molecule has 1 aliphatic heterocycles. The van der Waals surface area contributed by atoms with Gasteiger partial charge in [-0.3, -0.25) is 9.59 Å². The highest BCUT2D eigenvalue weighted by Crippen LogP contribution is 2.47. The van der Waals surface area contributed by atoms with E-state index in [-0.39, 0.29) is 5.78 Å². The number of rotatable bonds is 3. The fourth-order valence-corrected chi connectivity index (χ4v) is 4.27. The molecule has 25 heavy (non-hydrogen) atoms. The molecule has 0 aromatic carbocycles. The first-order valence-electron chi connectivity index (χ1n) is 9.16. The van der Waals surface area contributed by atoms with Crippen molar-refractivity contribution in [2.24, 2.45) is 0 Å². The van der Waals surface area contributed by atoms with Crippen molar-refractivity contribution in [1.29, 1.82) is 0 Å². The Kier molecular flexibility index (Phi) is 14.9. The molecule has 142 valence electrons. The first-order valence-corrected chi connectivity index (χ1v) is 10.9. The second-order valence-electron chi connectivity index (χ2n) is 4.70. The molecule has 0 unspecified atom stereocenters. The zero-order valence-electron chi connectivity index (χ0n) is 17.3. The van der Waals surface area contributed by atoms with Crippen LogP contribution >= 0.6 is 23.5 Å². The number of carbonyl (C=O) groups excluding carboxylic acids is 2. The largest absolute Gasteiger partial charge is 0.285 e. The molecule has 0 fully saturated rings. The predicted octanol–water partition coefficient (Wildman–Crippen LogP) is 7.09. The first-order chi connectivity index (χ1) is 12.0. The van der Waals surface area contributed by atoms with Gasteiger partial charge in [0.2, 0.25) is 11.6 Å². The van der Waals surface area contributed by atoms with Gasteiger partial charge in [0.1, 0.15) is 0 Å². The van der Waals surface area contributed by atoms with Crippen LogP contribution in [0.4, 0.5) is 0 Å². The molecule has 4 heteroatoms. The van der Waals surface area contributed by atoms with Crippen LogP contribution in [0.15, 0.2) is 44.6 Å². The number of hydrogen-bond acceptors (Lipinski definition) is 4. The zero-order valence-corrected chi connectivity index (χ0v) is 18.9. The molecular formula is C21H34O2S2. The first kappa shape index (κ1) is 26.2. The van der Waals surface area contributed by atoms with Gasteiger partial charge in [-0.15, -0.1) is 11.8 Å². The molecule has 2 aliphatic rings. The molecule has 0 atom stereocenters. The van der Waals surface area contributed by atoms with Crippen molar-refractivity contribution in [2.45, 2.75) is 74.0 Å². The minimum atomic E-state index is -0.412. The maximum absolute atomic E-state index is 12.1. The molecular weight excluding hydrogens is 348 g/mol. The van der Waals surface area contributed by atoms with Crippen LogP contribution < -0.4 is 0 Å². The Balaban J connectivity index is 0. The van der Waals surface area contributed by atoms with Crippen LogP contribution in [0.3, 0.4) is 0 Å². The molecule has 0 bridgehead atoms. The second kappa shape index (κ2) is 14.2. The van der Waals surface area contributed by atoms with Crippen LogP contribution in [0.5, 0.6) is 0 Å². The number of ketones is 2. The van der Waals surface area contributed by atoms with Crippen molar-refractivity contribution in [1.82, 2.24) is 0 Å². The lowest BCUT2D eigenvalue weighted by Crippen LogP contribution is -2.25. The van der Waals surface area contributed by atoms with Gasteiger partial charge < -0.3 is 0 Å². The lowest BCUT2D eigenvalue weighted by Gasteiger charge is -2.26. The molecule has 0 amide bonds. The number of Topliss-reactive ketones (excluding diaryl/α,β-unsaturated/α-hetero) is 2. The molecule has 1 aliphatic carbocycles. The summed E-state index contributed by atoms with van der Waals surface area (Å²) < 4.78 is 0. The quantitative estimate of drug-likeness (QED) is 0.385. The van der Waals surface area contributed by atoms with Crippen LogP contribution in [0, 0.1) is 0 Å². The van der Waals surface area contributed by atoms with Gasteiger partial charge in [0.05, 0.1) is 0 Å². The smallest absolute Gasteiger partial charge is 0.234 e. The average Bonchev–Trinajstić information content (AvgIpc) is 2.64. The predicted molar refractivity (Wildman–Crippen MR) is 117 cm³/mol. The van der Waals surface area contributed by atoms with E-state index in [2.05, 4.69) is 20.4 Å². The number of hydrogen-bond donors (Lipinski definition) is 0. The molecule has 1 heterocycles. The van der Waals surface area contributed by atoms with E-state index in [0.717, 1.165) is 9.81 Å². The van der Waals surface area contributed by atoms with E-state index in [1.54, 1.807) is 23.5 Å². The summed E-state index contributed by atoms with van der Waals surface area (Å²) in [6.07, 6.45) is 4.08. The van der Waals surface area contributed by atoms with Gasteiger partial charge in [0.25, 0.3) is 0 Å². The van der Waals surface area contributed by atoms with E-state index in [1.165, 1.54) is 11.0 Å². The van der Waals surface area contributed by atoms with Crippen LogP contribution in [0.1, 0.15) is 68.7 Å². The van der Waals surface area contributed by atoms with Crippen LogP contribution in [0.2, 0.25) is 0 Å². The third kappa shape index (κ3) is 7.02. The lowest BCUT2D eigenvalue weighted by molar-refractivity contribution is -0.132. The van der Waals surface area contributed by atoms with Crippen molar-refractivity contribution < 1.29 is 9.59 Å². The second-order valence-corrected chi connectivity index (χ2v) is 7.54. The Morgan fingerprint density at radius 2 is 1.60 bits per heavy atom. The van der Waals surface area contributed by atoms with Gasteiger partial charge in [-0.1, -0.05) is 85.9 Å². The standard InChI is InChI=1S/C15H16O2S2.3C2H6/c1-5-10-12(16)13(17)11-7-6-9(4)19-15(11)14(10)18-8(2)3;3*1-2/h5-6,8H,1,7H2,2-4H3;3*1-2H3. The van der Waals surface area contributed by atoms with Crippen molar-refractivity contribution in [2.75, 3.05) is 0 Å². The number of thioether (sulfide) groups is 2. The van der Waals surface area contributed by atoms with Gasteiger partial charge in [0.15, 0.2) is 0 Å². The highest BCUT2D eigenvalue weighted by atomic mass is 32.2. The third-order valence-corrected chi connectivity index (χ3v) is 5.27. The van der Waals surface area contributed by atoms with Crippen molar-refractivity contribution >= 4 is 35.1 Å². The van der Waals surface area contributed by atoms with E-state index in [1.807, 2.05) is 54.5 Å². The summed E-state index contributed by atoms with van der Waals surface area (Å²) in [5.41, 5.74) is 1.11. The van der Waals surface area contributed by atoms with Gasteiger partial charge in [-0.05, 0) is 18.2 Å². The summed E-state index contributed by atoms with van der Waals surface area (Å²) >= 11 is 3.22. The number of allylic oxidation sites excluding steroid dienone is 5. The van der Waals surface area contributed by atoms with Crippen molar-refractivity contribution in [3.63, 3.8) is 0 Å². The van der Waals surface area contributed by atoms with Crippen LogP contribution in [0.25, 0.3) is 0 Å². The number of carbonyl (C=O) groups is 2. The SMILES string of the molecule is C=CC1=C(SC(C)C)C2=C(CC=C(C)S2)C(=O)C1=O.CC.CC.CC. The van der Waals surface area contributed by atoms with E-state index >= 15 is 0 Å². The minimum absolute atomic E-state index is 0.353. The van der Waals surface area contributed by atoms with Gasteiger partial charge in [-0.2, -0.15) is 0 Å². The topological polar surface area (TPSA) is 34.1 Å². The highest BCUT2D eigenvalue weighted by molar-refractivity contribution is 8.10. The molecule has 2 rings (SSSR count). The Bertz CT molecular complexity index is 564. The molecule has 0 aromatic rings. The molecule has 0 radical (unpaired) electrons. The van der Waals surface area contributed by atoms with Crippen LogP contribution in [-0.4, -0.2) is 16.8 Å². The van der Waals surface area contributed by atoms with Crippen molar-refractivity contribution in [3.05, 3.63) is 44.6 Å². The molecule has 0 spiro atoms. The molecule has 0 saturated carbocycles.